The first kappa shape index (κ1) is 14.2. The molecule has 0 atom stereocenters. The van der Waals surface area contributed by atoms with Crippen LogP contribution in [0, 0.1) is 5.92 Å². The molecular formula is C19H24N2. The van der Waals surface area contributed by atoms with Crippen molar-refractivity contribution >= 4 is 5.69 Å². The molecule has 1 aliphatic rings. The lowest BCUT2D eigenvalue weighted by Gasteiger charge is -2.32. The van der Waals surface area contributed by atoms with Gasteiger partial charge in [0.1, 0.15) is 0 Å². The summed E-state index contributed by atoms with van der Waals surface area (Å²) in [6.45, 7) is 3.47. The maximum Gasteiger partial charge on any atom is 0.0314 e. The molecule has 2 aromatic rings. The van der Waals surface area contributed by atoms with Gasteiger partial charge in [-0.15, -0.1) is 0 Å². The second kappa shape index (κ2) is 6.77. The molecule has 0 amide bonds. The van der Waals surface area contributed by atoms with Gasteiger partial charge in [0, 0.05) is 12.2 Å². The molecule has 2 aromatic carbocycles. The van der Waals surface area contributed by atoms with Crippen molar-refractivity contribution in [3.63, 3.8) is 0 Å². The first-order chi connectivity index (χ1) is 10.3. The minimum absolute atomic E-state index is 0.843. The third-order valence-corrected chi connectivity index (χ3v) is 4.46. The van der Waals surface area contributed by atoms with Crippen LogP contribution in [0.15, 0.2) is 54.6 Å². The molecule has 1 fully saturated rings. The van der Waals surface area contributed by atoms with Gasteiger partial charge in [-0.25, -0.2) is 0 Å². The number of piperidine rings is 1. The van der Waals surface area contributed by atoms with E-state index >= 15 is 0 Å². The van der Waals surface area contributed by atoms with Gasteiger partial charge in [-0.1, -0.05) is 42.5 Å². The van der Waals surface area contributed by atoms with Crippen molar-refractivity contribution in [2.75, 3.05) is 18.8 Å². The molecule has 0 radical (unpaired) electrons. The van der Waals surface area contributed by atoms with Crippen molar-refractivity contribution in [1.82, 2.24) is 4.90 Å². The minimum atomic E-state index is 0.843. The fourth-order valence-electron chi connectivity index (χ4n) is 3.18. The Morgan fingerprint density at radius 2 is 1.52 bits per heavy atom. The molecule has 0 aliphatic carbocycles. The molecule has 21 heavy (non-hydrogen) atoms. The van der Waals surface area contributed by atoms with E-state index in [1.54, 1.807) is 0 Å². The van der Waals surface area contributed by atoms with E-state index in [9.17, 15) is 0 Å². The van der Waals surface area contributed by atoms with E-state index in [1.807, 2.05) is 12.1 Å². The quantitative estimate of drug-likeness (QED) is 0.865. The van der Waals surface area contributed by atoms with E-state index in [2.05, 4.69) is 47.4 Å². The van der Waals surface area contributed by atoms with Crippen molar-refractivity contribution in [2.45, 2.75) is 25.8 Å². The van der Waals surface area contributed by atoms with E-state index in [4.69, 9.17) is 5.73 Å². The number of nitrogens with zero attached hydrogens (tertiary/aromatic N) is 1. The fourth-order valence-corrected chi connectivity index (χ4v) is 3.18. The fraction of sp³-hybridized carbons (Fsp3) is 0.368. The number of hydrogen-bond donors (Lipinski definition) is 1. The smallest absolute Gasteiger partial charge is 0.0314 e. The second-order valence-electron chi connectivity index (χ2n) is 6.15. The largest absolute Gasteiger partial charge is 0.399 e. The first-order valence-corrected chi connectivity index (χ1v) is 7.90. The highest BCUT2D eigenvalue weighted by atomic mass is 15.1. The highest BCUT2D eigenvalue weighted by molar-refractivity contribution is 5.39. The third kappa shape index (κ3) is 4.08. The lowest BCUT2D eigenvalue weighted by atomic mass is 9.90. The predicted octanol–water partition coefficient (Wildman–Crippen LogP) is 3.72. The number of benzene rings is 2. The summed E-state index contributed by atoms with van der Waals surface area (Å²) in [4.78, 5) is 2.56. The predicted molar refractivity (Wildman–Crippen MR) is 89.0 cm³/mol. The van der Waals surface area contributed by atoms with Crippen molar-refractivity contribution in [3.05, 3.63) is 65.7 Å². The van der Waals surface area contributed by atoms with E-state index in [1.165, 1.54) is 43.5 Å². The van der Waals surface area contributed by atoms with Crippen LogP contribution in [0.4, 0.5) is 5.69 Å². The van der Waals surface area contributed by atoms with Crippen LogP contribution in [-0.4, -0.2) is 18.0 Å². The Labute approximate surface area is 127 Å². The molecule has 2 nitrogen and oxygen atoms in total. The highest BCUT2D eigenvalue weighted by Crippen LogP contribution is 2.23. The molecule has 2 heteroatoms. The summed E-state index contributed by atoms with van der Waals surface area (Å²) in [6.07, 6.45) is 3.85. The Hall–Kier alpha value is -1.80. The summed E-state index contributed by atoms with van der Waals surface area (Å²) < 4.78 is 0. The average molecular weight is 280 g/mol. The summed E-state index contributed by atoms with van der Waals surface area (Å²) in [5.41, 5.74) is 9.43. The lowest BCUT2D eigenvalue weighted by Crippen LogP contribution is -2.33. The Balaban J connectivity index is 1.47. The molecule has 3 rings (SSSR count). The van der Waals surface area contributed by atoms with Crippen LogP contribution in [0.3, 0.4) is 0 Å². The van der Waals surface area contributed by atoms with Gasteiger partial charge >= 0.3 is 0 Å². The molecule has 1 aliphatic heterocycles. The standard InChI is InChI=1S/C19H24N2/c20-19-8-6-18(7-9-19)15-21-12-10-17(11-13-21)14-16-4-2-1-3-5-16/h1-9,17H,10-15,20H2. The van der Waals surface area contributed by atoms with Crippen LogP contribution in [0.25, 0.3) is 0 Å². The van der Waals surface area contributed by atoms with Crippen LogP contribution < -0.4 is 5.73 Å². The number of nitrogen functional groups attached to an aromatic ring is 1. The molecule has 1 saturated heterocycles. The van der Waals surface area contributed by atoms with Crippen molar-refractivity contribution in [3.8, 4) is 0 Å². The zero-order valence-electron chi connectivity index (χ0n) is 12.5. The van der Waals surface area contributed by atoms with Crippen LogP contribution >= 0.6 is 0 Å². The van der Waals surface area contributed by atoms with Gasteiger partial charge in [0.15, 0.2) is 0 Å². The van der Waals surface area contributed by atoms with Crippen LogP contribution in [0.1, 0.15) is 24.0 Å². The van der Waals surface area contributed by atoms with E-state index < -0.39 is 0 Å². The number of likely N-dealkylation sites (tertiary alicyclic amines) is 1. The molecule has 1 heterocycles. The van der Waals surface area contributed by atoms with Gasteiger partial charge in [-0.05, 0) is 61.5 Å². The minimum Gasteiger partial charge on any atom is -0.399 e. The summed E-state index contributed by atoms with van der Waals surface area (Å²) in [6, 6.07) is 19.2. The number of rotatable bonds is 4. The highest BCUT2D eigenvalue weighted by Gasteiger charge is 2.19. The Bertz CT molecular complexity index is 540. The number of anilines is 1. The maximum absolute atomic E-state index is 5.74. The van der Waals surface area contributed by atoms with E-state index in [0.29, 0.717) is 0 Å². The monoisotopic (exact) mass is 280 g/mol. The van der Waals surface area contributed by atoms with Crippen LogP contribution in [0.2, 0.25) is 0 Å². The van der Waals surface area contributed by atoms with Crippen molar-refractivity contribution in [2.24, 2.45) is 5.92 Å². The lowest BCUT2D eigenvalue weighted by molar-refractivity contribution is 0.177. The Morgan fingerprint density at radius 3 is 2.19 bits per heavy atom. The Morgan fingerprint density at radius 1 is 0.857 bits per heavy atom. The normalized spacial score (nSPS) is 17.0. The van der Waals surface area contributed by atoms with Crippen LogP contribution in [-0.2, 0) is 13.0 Å². The Kier molecular flexibility index (Phi) is 4.56. The van der Waals surface area contributed by atoms with Gasteiger partial charge in [-0.2, -0.15) is 0 Å². The first-order valence-electron chi connectivity index (χ1n) is 7.90. The summed E-state index contributed by atoms with van der Waals surface area (Å²) in [7, 11) is 0. The van der Waals surface area contributed by atoms with Gasteiger partial charge in [0.25, 0.3) is 0 Å². The molecule has 110 valence electrons. The van der Waals surface area contributed by atoms with Crippen molar-refractivity contribution < 1.29 is 0 Å². The van der Waals surface area contributed by atoms with Gasteiger partial charge in [0.05, 0.1) is 0 Å². The second-order valence-corrected chi connectivity index (χ2v) is 6.15. The van der Waals surface area contributed by atoms with Crippen molar-refractivity contribution in [1.29, 1.82) is 0 Å². The van der Waals surface area contributed by atoms with E-state index in [-0.39, 0.29) is 0 Å². The molecule has 0 unspecified atom stereocenters. The SMILES string of the molecule is Nc1ccc(CN2CCC(Cc3ccccc3)CC2)cc1. The third-order valence-electron chi connectivity index (χ3n) is 4.46. The van der Waals surface area contributed by atoms with E-state index in [0.717, 1.165) is 18.2 Å². The zero-order chi connectivity index (χ0) is 14.5. The number of hydrogen-bond acceptors (Lipinski definition) is 2. The molecule has 0 aromatic heterocycles. The topological polar surface area (TPSA) is 29.3 Å². The van der Waals surface area contributed by atoms with Crippen LogP contribution in [0.5, 0.6) is 0 Å². The summed E-state index contributed by atoms with van der Waals surface area (Å²) in [5, 5.41) is 0. The molecular weight excluding hydrogens is 256 g/mol. The molecule has 0 saturated carbocycles. The summed E-state index contributed by atoms with van der Waals surface area (Å²) >= 11 is 0. The molecule has 0 spiro atoms. The van der Waals surface area contributed by atoms with Gasteiger partial charge in [0.2, 0.25) is 0 Å². The maximum atomic E-state index is 5.74. The zero-order valence-corrected chi connectivity index (χ0v) is 12.5. The summed E-state index contributed by atoms with van der Waals surface area (Å²) in [5.74, 6) is 0.843. The molecule has 0 bridgehead atoms. The average Bonchev–Trinajstić information content (AvgIpc) is 2.53. The van der Waals surface area contributed by atoms with Gasteiger partial charge < -0.3 is 5.73 Å². The van der Waals surface area contributed by atoms with Gasteiger partial charge in [-0.3, -0.25) is 4.90 Å². The number of nitrogens with two attached hydrogens (primary N) is 1. The molecule has 2 N–H and O–H groups in total.